The molecule has 0 amide bonds. The van der Waals surface area contributed by atoms with Gasteiger partial charge >= 0.3 is 0 Å². The third-order valence-corrected chi connectivity index (χ3v) is 5.48. The fourth-order valence-corrected chi connectivity index (χ4v) is 4.03. The zero-order chi connectivity index (χ0) is 19.7. The summed E-state index contributed by atoms with van der Waals surface area (Å²) < 4.78 is 15.2. The van der Waals surface area contributed by atoms with Crippen molar-refractivity contribution >= 4 is 0 Å². The maximum atomic E-state index is 13.5. The molecule has 1 aliphatic rings. The minimum Gasteiger partial charge on any atom is -0.507 e. The molecule has 3 aromatic rings. The second-order valence-electron chi connectivity index (χ2n) is 7.44. The van der Waals surface area contributed by atoms with Gasteiger partial charge in [-0.2, -0.15) is 0 Å². The van der Waals surface area contributed by atoms with Gasteiger partial charge in [-0.3, -0.25) is 9.36 Å². The van der Waals surface area contributed by atoms with Gasteiger partial charge in [-0.1, -0.05) is 31.2 Å². The molecule has 1 N–H and O–H groups in total. The van der Waals surface area contributed by atoms with Crippen LogP contribution < -0.4 is 5.56 Å². The van der Waals surface area contributed by atoms with Crippen LogP contribution in [-0.4, -0.2) is 14.7 Å². The Bertz CT molecular complexity index is 1070. The Kier molecular flexibility index (Phi) is 4.99. The minimum absolute atomic E-state index is 0.0492. The van der Waals surface area contributed by atoms with Crippen molar-refractivity contribution in [2.45, 2.75) is 45.1 Å². The van der Waals surface area contributed by atoms with Crippen molar-refractivity contribution in [3.63, 3.8) is 0 Å². The van der Waals surface area contributed by atoms with E-state index in [2.05, 4.69) is 6.92 Å². The van der Waals surface area contributed by atoms with Crippen LogP contribution in [0.4, 0.5) is 4.39 Å². The second kappa shape index (κ2) is 7.58. The molecule has 0 fully saturated rings. The van der Waals surface area contributed by atoms with Crippen LogP contribution in [0.15, 0.2) is 53.3 Å². The number of benzene rings is 2. The van der Waals surface area contributed by atoms with Gasteiger partial charge in [-0.15, -0.1) is 0 Å². The Morgan fingerprint density at radius 2 is 2.04 bits per heavy atom. The Balaban J connectivity index is 1.83. The highest BCUT2D eigenvalue weighted by Gasteiger charge is 2.25. The highest BCUT2D eigenvalue weighted by Crippen LogP contribution is 2.32. The number of phenolic OH excluding ortho intramolecular Hbond substituents is 1. The van der Waals surface area contributed by atoms with Crippen molar-refractivity contribution < 1.29 is 9.50 Å². The number of hydrogen-bond acceptors (Lipinski definition) is 3. The smallest absolute Gasteiger partial charge is 0.257 e. The van der Waals surface area contributed by atoms with Gasteiger partial charge in [0, 0.05) is 12.1 Å². The van der Waals surface area contributed by atoms with Crippen LogP contribution in [0.5, 0.6) is 5.75 Å². The maximum absolute atomic E-state index is 13.5. The molecule has 1 heterocycles. The predicted octanol–water partition coefficient (Wildman–Crippen LogP) is 4.44. The second-order valence-corrected chi connectivity index (χ2v) is 7.44. The van der Waals surface area contributed by atoms with E-state index in [1.54, 1.807) is 28.8 Å². The van der Waals surface area contributed by atoms with Crippen LogP contribution in [0.25, 0.3) is 11.4 Å². The molecule has 2 aromatic carbocycles. The Hall–Kier alpha value is -2.95. The monoisotopic (exact) mass is 378 g/mol. The lowest BCUT2D eigenvalue weighted by atomic mass is 9.87. The first-order valence-electron chi connectivity index (χ1n) is 9.71. The highest BCUT2D eigenvalue weighted by atomic mass is 19.1. The summed E-state index contributed by atoms with van der Waals surface area (Å²) >= 11 is 0. The molecule has 4 rings (SSSR count). The van der Waals surface area contributed by atoms with Crippen molar-refractivity contribution in [2.75, 3.05) is 0 Å². The lowest BCUT2D eigenvalue weighted by Crippen LogP contribution is -2.32. The number of rotatable bonds is 4. The summed E-state index contributed by atoms with van der Waals surface area (Å²) in [6.07, 6.45) is 3.27. The van der Waals surface area contributed by atoms with Crippen LogP contribution in [0.1, 0.15) is 42.5 Å². The van der Waals surface area contributed by atoms with Crippen LogP contribution in [0.2, 0.25) is 0 Å². The SMILES string of the molecule is C[C@H]1CCCc2nc(-c3ccccc3O)n(CCc3cccc(F)c3)c(=O)c21. The molecule has 0 aliphatic heterocycles. The molecule has 0 spiro atoms. The zero-order valence-corrected chi connectivity index (χ0v) is 15.9. The van der Waals surface area contributed by atoms with Gasteiger partial charge in [0.2, 0.25) is 0 Å². The van der Waals surface area contributed by atoms with E-state index in [0.717, 1.165) is 36.1 Å². The van der Waals surface area contributed by atoms with Gasteiger partial charge in [0.15, 0.2) is 0 Å². The van der Waals surface area contributed by atoms with Crippen molar-refractivity contribution in [1.29, 1.82) is 0 Å². The van der Waals surface area contributed by atoms with E-state index >= 15 is 0 Å². The third kappa shape index (κ3) is 3.44. The summed E-state index contributed by atoms with van der Waals surface area (Å²) in [5.74, 6) is 0.454. The van der Waals surface area contributed by atoms with Gasteiger partial charge in [0.25, 0.3) is 5.56 Å². The van der Waals surface area contributed by atoms with E-state index in [1.165, 1.54) is 12.1 Å². The molecule has 0 saturated carbocycles. The van der Waals surface area contributed by atoms with Crippen molar-refractivity contribution in [3.8, 4) is 17.1 Å². The minimum atomic E-state index is -0.289. The molecule has 1 aliphatic carbocycles. The molecular weight excluding hydrogens is 355 g/mol. The van der Waals surface area contributed by atoms with E-state index in [1.807, 2.05) is 12.1 Å². The zero-order valence-electron chi connectivity index (χ0n) is 15.9. The Labute approximate surface area is 163 Å². The van der Waals surface area contributed by atoms with Crippen LogP contribution in [0, 0.1) is 5.82 Å². The van der Waals surface area contributed by atoms with Gasteiger partial charge in [-0.25, -0.2) is 9.37 Å². The van der Waals surface area contributed by atoms with Gasteiger partial charge in [0.1, 0.15) is 17.4 Å². The molecule has 0 unspecified atom stereocenters. The molecule has 0 saturated heterocycles. The van der Waals surface area contributed by atoms with Crippen LogP contribution >= 0.6 is 0 Å². The van der Waals surface area contributed by atoms with E-state index in [4.69, 9.17) is 4.98 Å². The number of hydrogen-bond donors (Lipinski definition) is 1. The predicted molar refractivity (Wildman–Crippen MR) is 107 cm³/mol. The standard InChI is InChI=1S/C23H23FN2O2/c1-15-6-4-10-19-21(15)23(28)26(13-12-16-7-5-8-17(24)14-16)22(25-19)18-9-2-3-11-20(18)27/h2-3,5,7-9,11,14-15,27H,4,6,10,12-13H2,1H3/t15-/m0/s1. The Morgan fingerprint density at radius 1 is 1.21 bits per heavy atom. The molecule has 0 radical (unpaired) electrons. The largest absolute Gasteiger partial charge is 0.507 e. The number of aryl methyl sites for hydroxylation is 2. The number of aromatic hydroxyl groups is 1. The maximum Gasteiger partial charge on any atom is 0.257 e. The summed E-state index contributed by atoms with van der Waals surface area (Å²) in [5.41, 5.74) is 2.93. The molecule has 1 atom stereocenters. The molecule has 4 nitrogen and oxygen atoms in total. The summed E-state index contributed by atoms with van der Waals surface area (Å²) in [7, 11) is 0. The molecular formula is C23H23FN2O2. The number of nitrogens with zero attached hydrogens (tertiary/aromatic N) is 2. The lowest BCUT2D eigenvalue weighted by Gasteiger charge is -2.24. The molecule has 144 valence electrons. The summed E-state index contributed by atoms with van der Waals surface area (Å²) in [6.45, 7) is 2.44. The molecule has 5 heteroatoms. The number of halogens is 1. The first-order chi connectivity index (χ1) is 13.5. The van der Waals surface area contributed by atoms with Gasteiger partial charge in [0.05, 0.1) is 11.3 Å². The lowest BCUT2D eigenvalue weighted by molar-refractivity contribution is 0.475. The van der Waals surface area contributed by atoms with Crippen LogP contribution in [0.3, 0.4) is 0 Å². The normalized spacial score (nSPS) is 16.0. The first kappa shape index (κ1) is 18.4. The van der Waals surface area contributed by atoms with E-state index in [-0.39, 0.29) is 23.0 Å². The van der Waals surface area contributed by atoms with Crippen molar-refractivity contribution in [1.82, 2.24) is 9.55 Å². The summed E-state index contributed by atoms with van der Waals surface area (Å²) in [4.78, 5) is 18.2. The Morgan fingerprint density at radius 3 is 2.82 bits per heavy atom. The molecule has 1 aromatic heterocycles. The molecule has 28 heavy (non-hydrogen) atoms. The van der Waals surface area contributed by atoms with Gasteiger partial charge in [-0.05, 0) is 61.4 Å². The fraction of sp³-hybridized carbons (Fsp3) is 0.304. The average molecular weight is 378 g/mol. The van der Waals surface area contributed by atoms with Crippen molar-refractivity contribution in [2.24, 2.45) is 0 Å². The molecule has 0 bridgehead atoms. The van der Waals surface area contributed by atoms with Gasteiger partial charge < -0.3 is 5.11 Å². The number of phenols is 1. The van der Waals surface area contributed by atoms with Crippen molar-refractivity contribution in [3.05, 3.63) is 81.5 Å². The topological polar surface area (TPSA) is 55.1 Å². The van der Waals surface area contributed by atoms with E-state index in [9.17, 15) is 14.3 Å². The number of para-hydroxylation sites is 1. The quantitative estimate of drug-likeness (QED) is 0.730. The number of fused-ring (bicyclic) bond motifs is 1. The van der Waals surface area contributed by atoms with Crippen LogP contribution in [-0.2, 0) is 19.4 Å². The first-order valence-corrected chi connectivity index (χ1v) is 9.71. The summed E-state index contributed by atoms with van der Waals surface area (Å²) in [5, 5.41) is 10.4. The average Bonchev–Trinajstić information content (AvgIpc) is 2.67. The fourth-order valence-electron chi connectivity index (χ4n) is 4.03. The third-order valence-electron chi connectivity index (χ3n) is 5.48. The van der Waals surface area contributed by atoms with E-state index < -0.39 is 0 Å². The number of aromatic nitrogens is 2. The highest BCUT2D eigenvalue weighted by molar-refractivity contribution is 5.64. The van der Waals surface area contributed by atoms with E-state index in [0.29, 0.717) is 24.4 Å². The summed E-state index contributed by atoms with van der Waals surface area (Å²) in [6, 6.07) is 13.3.